The summed E-state index contributed by atoms with van der Waals surface area (Å²) >= 11 is -0.610. The monoisotopic (exact) mass is 249 g/mol. The number of rotatable bonds is 2. The molecule has 0 amide bonds. The Kier molecular flexibility index (Phi) is 5.59. The summed E-state index contributed by atoms with van der Waals surface area (Å²) in [6, 6.07) is 0. The van der Waals surface area contributed by atoms with Crippen molar-refractivity contribution in [3.8, 4) is 0 Å². The standard InChI is InChI=1S/C7H9.CH3O.ClH.Zr/c1-6-3-4-7(2)5-6;1-2;;/h5H,3H2,1-2H3;1H3;1H;/q;-1;;+2/p-1. The number of halogens is 1. The first-order chi connectivity index (χ1) is 4.74. The first-order valence-corrected chi connectivity index (χ1v) is 5.63. The van der Waals surface area contributed by atoms with E-state index in [2.05, 4.69) is 19.9 Å². The zero-order chi connectivity index (χ0) is 7.56. The van der Waals surface area contributed by atoms with Gasteiger partial charge in [0, 0.05) is 0 Å². The molecule has 0 N–H and O–H groups in total. The predicted octanol–water partition coefficient (Wildman–Crippen LogP) is -0.742. The molecule has 0 heterocycles. The molecule has 0 aromatic carbocycles. The molecule has 0 aromatic heterocycles. The van der Waals surface area contributed by atoms with E-state index in [4.69, 9.17) is 2.81 Å². The Morgan fingerprint density at radius 2 is 2.09 bits per heavy atom. The van der Waals surface area contributed by atoms with E-state index >= 15 is 0 Å². The molecule has 1 nitrogen and oxygen atoms in total. The Morgan fingerprint density at radius 3 is 2.45 bits per heavy atom. The summed E-state index contributed by atoms with van der Waals surface area (Å²) in [4.78, 5) is 0. The maximum absolute atomic E-state index is 5.22. The molecule has 0 saturated heterocycles. The van der Waals surface area contributed by atoms with Gasteiger partial charge in [0.2, 0.25) is 0 Å². The van der Waals surface area contributed by atoms with Crippen LogP contribution >= 0.6 is 0 Å². The summed E-state index contributed by atoms with van der Waals surface area (Å²) in [5, 5.41) is 0. The van der Waals surface area contributed by atoms with E-state index in [1.165, 1.54) is 17.6 Å². The molecule has 0 bridgehead atoms. The van der Waals surface area contributed by atoms with Gasteiger partial charge in [-0.2, -0.15) is 0 Å². The average Bonchev–Trinajstić information content (AvgIpc) is 2.13. The van der Waals surface area contributed by atoms with E-state index in [0.717, 1.165) is 0 Å². The molecule has 0 aliphatic heterocycles. The maximum atomic E-state index is 5.22. The second-order valence-corrected chi connectivity index (χ2v) is 5.62. The van der Waals surface area contributed by atoms with Crippen LogP contribution < -0.4 is 12.4 Å². The van der Waals surface area contributed by atoms with Gasteiger partial charge in [-0.3, -0.25) is 0 Å². The molecular formula is C8H12ClOZr. The van der Waals surface area contributed by atoms with Crippen LogP contribution in [0.1, 0.15) is 20.3 Å². The van der Waals surface area contributed by atoms with Gasteiger partial charge in [-0.05, 0) is 0 Å². The van der Waals surface area contributed by atoms with E-state index in [1.54, 1.807) is 3.28 Å². The van der Waals surface area contributed by atoms with Crippen molar-refractivity contribution in [1.29, 1.82) is 0 Å². The zero-order valence-corrected chi connectivity index (χ0v) is 10.3. The SMILES string of the molecule is C[O][Zr+][C]1=C(C)C=C(C)C1.[Cl-]. The minimum absolute atomic E-state index is 0. The maximum Gasteiger partial charge on any atom is -1.00 e. The van der Waals surface area contributed by atoms with Crippen LogP contribution in [0.3, 0.4) is 0 Å². The quantitative estimate of drug-likeness (QED) is 0.628. The van der Waals surface area contributed by atoms with Crippen molar-refractivity contribution in [2.75, 3.05) is 7.11 Å². The van der Waals surface area contributed by atoms with Gasteiger partial charge >= 0.3 is 74.4 Å². The Hall–Kier alpha value is 0.613. The fourth-order valence-electron chi connectivity index (χ4n) is 1.17. The Labute approximate surface area is 86.5 Å². The van der Waals surface area contributed by atoms with E-state index < -0.39 is 23.7 Å². The number of allylic oxidation sites excluding steroid dienone is 4. The van der Waals surface area contributed by atoms with Crippen LogP contribution in [0.5, 0.6) is 0 Å². The van der Waals surface area contributed by atoms with Gasteiger partial charge in [0.1, 0.15) is 0 Å². The van der Waals surface area contributed by atoms with Crippen LogP contribution in [-0.4, -0.2) is 7.11 Å². The van der Waals surface area contributed by atoms with E-state index in [-0.39, 0.29) is 12.4 Å². The zero-order valence-electron chi connectivity index (χ0n) is 7.07. The molecule has 0 fully saturated rings. The van der Waals surface area contributed by atoms with Crippen LogP contribution in [-0.2, 0) is 26.5 Å². The molecule has 0 atom stereocenters. The molecule has 61 valence electrons. The van der Waals surface area contributed by atoms with Crippen molar-refractivity contribution in [2.45, 2.75) is 20.3 Å². The van der Waals surface area contributed by atoms with Crippen LogP contribution in [0, 0.1) is 0 Å². The predicted molar refractivity (Wildman–Crippen MR) is 38.1 cm³/mol. The van der Waals surface area contributed by atoms with Crippen LogP contribution in [0.25, 0.3) is 0 Å². The normalized spacial score (nSPS) is 15.7. The van der Waals surface area contributed by atoms with Crippen LogP contribution in [0.4, 0.5) is 0 Å². The third-order valence-corrected chi connectivity index (χ3v) is 4.13. The molecule has 0 saturated carbocycles. The van der Waals surface area contributed by atoms with Crippen LogP contribution in [0.2, 0.25) is 0 Å². The van der Waals surface area contributed by atoms with E-state index in [9.17, 15) is 0 Å². The summed E-state index contributed by atoms with van der Waals surface area (Å²) in [5.74, 6) is 0. The van der Waals surface area contributed by atoms with Gasteiger partial charge in [0.15, 0.2) is 0 Å². The summed E-state index contributed by atoms with van der Waals surface area (Å²) in [5.41, 5.74) is 2.96. The molecule has 3 heteroatoms. The molecular weight excluding hydrogens is 239 g/mol. The van der Waals surface area contributed by atoms with Gasteiger partial charge in [0.05, 0.1) is 0 Å². The third-order valence-electron chi connectivity index (χ3n) is 1.62. The van der Waals surface area contributed by atoms with Crippen molar-refractivity contribution in [3.63, 3.8) is 0 Å². The van der Waals surface area contributed by atoms with E-state index in [0.29, 0.717) is 0 Å². The molecule has 0 aromatic rings. The fraction of sp³-hybridized carbons (Fsp3) is 0.500. The van der Waals surface area contributed by atoms with Crippen molar-refractivity contribution < 1.29 is 38.9 Å². The Morgan fingerprint density at radius 1 is 1.45 bits per heavy atom. The van der Waals surface area contributed by atoms with Gasteiger partial charge in [0.25, 0.3) is 0 Å². The molecule has 0 radical (unpaired) electrons. The van der Waals surface area contributed by atoms with Gasteiger partial charge in [-0.15, -0.1) is 0 Å². The second-order valence-electron chi connectivity index (χ2n) is 2.64. The molecule has 1 aliphatic rings. The molecule has 1 rings (SSSR count). The van der Waals surface area contributed by atoms with Crippen molar-refractivity contribution in [2.24, 2.45) is 0 Å². The van der Waals surface area contributed by atoms with Gasteiger partial charge < -0.3 is 12.4 Å². The smallest absolute Gasteiger partial charge is 1.00 e. The van der Waals surface area contributed by atoms with Gasteiger partial charge in [-0.25, -0.2) is 0 Å². The minimum atomic E-state index is -0.610. The first kappa shape index (κ1) is 11.6. The number of hydrogen-bond donors (Lipinski definition) is 0. The molecule has 0 unspecified atom stereocenters. The Balaban J connectivity index is 0.000001000. The van der Waals surface area contributed by atoms with Crippen molar-refractivity contribution in [3.05, 3.63) is 20.5 Å². The van der Waals surface area contributed by atoms with E-state index in [1.807, 2.05) is 7.11 Å². The summed E-state index contributed by atoms with van der Waals surface area (Å²) < 4.78 is 6.82. The average molecular weight is 251 g/mol. The summed E-state index contributed by atoms with van der Waals surface area (Å²) in [7, 11) is 1.82. The number of hydrogen-bond acceptors (Lipinski definition) is 1. The molecule has 11 heavy (non-hydrogen) atoms. The van der Waals surface area contributed by atoms with Crippen LogP contribution in [0.15, 0.2) is 20.5 Å². The molecule has 1 aliphatic carbocycles. The third kappa shape index (κ3) is 3.23. The van der Waals surface area contributed by atoms with Crippen molar-refractivity contribution in [1.82, 2.24) is 0 Å². The summed E-state index contributed by atoms with van der Waals surface area (Å²) in [6.45, 7) is 4.37. The Bertz CT molecular complexity index is 196. The van der Waals surface area contributed by atoms with Crippen molar-refractivity contribution >= 4 is 0 Å². The largest absolute Gasteiger partial charge is 1.00 e. The second kappa shape index (κ2) is 5.29. The summed E-state index contributed by atoms with van der Waals surface area (Å²) in [6.07, 6.45) is 3.46. The fourth-order valence-corrected chi connectivity index (χ4v) is 3.21. The molecule has 0 spiro atoms. The topological polar surface area (TPSA) is 9.23 Å². The minimum Gasteiger partial charge on any atom is -1.00 e. The van der Waals surface area contributed by atoms with Gasteiger partial charge in [-0.1, -0.05) is 0 Å². The first-order valence-electron chi connectivity index (χ1n) is 3.40.